The molecule has 25 heavy (non-hydrogen) atoms. The van der Waals surface area contributed by atoms with Gasteiger partial charge in [-0.05, 0) is 51.4 Å². The highest BCUT2D eigenvalue weighted by molar-refractivity contribution is 6.13. The summed E-state index contributed by atoms with van der Waals surface area (Å²) >= 11 is 4.60. The summed E-state index contributed by atoms with van der Waals surface area (Å²) in [6.07, 6.45) is 4.09. The average Bonchev–Trinajstić information content (AvgIpc) is 2.86. The Kier molecular flexibility index (Phi) is 6.86. The zero-order chi connectivity index (χ0) is 18.7. The summed E-state index contributed by atoms with van der Waals surface area (Å²) in [4.78, 5) is 33.9. The molecule has 0 radical (unpaired) electrons. The third kappa shape index (κ3) is 4.34. The summed E-state index contributed by atoms with van der Waals surface area (Å²) in [5.41, 5.74) is 6.06. The van der Waals surface area contributed by atoms with Crippen LogP contribution in [0, 0.1) is 29.6 Å². The number of cyclic esters (lactones) is 1. The lowest BCUT2D eigenvalue weighted by Crippen LogP contribution is -2.49. The van der Waals surface area contributed by atoms with Gasteiger partial charge in [0.1, 0.15) is 23.8 Å². The molecular weight excluding hydrogens is 346 g/mol. The highest BCUT2D eigenvalue weighted by Crippen LogP contribution is 2.52. The molecule has 6 nitrogen and oxygen atoms in total. The monoisotopic (exact) mass is 373 g/mol. The van der Waals surface area contributed by atoms with Gasteiger partial charge in [-0.3, -0.25) is 14.4 Å². The summed E-state index contributed by atoms with van der Waals surface area (Å²) in [7, 11) is 0. The minimum absolute atomic E-state index is 0.00213. The van der Waals surface area contributed by atoms with E-state index in [0.717, 1.165) is 25.7 Å². The molecule has 2 N–H and O–H groups in total. The molecule has 1 saturated heterocycles. The number of hydrogen-bond donors (Lipinski definition) is 1. The van der Waals surface area contributed by atoms with Crippen molar-refractivity contribution in [1.82, 2.24) is 0 Å². The van der Waals surface area contributed by atoms with Crippen LogP contribution >= 0.6 is 11.9 Å². The predicted molar refractivity (Wildman–Crippen MR) is 92.4 cm³/mol. The average molecular weight is 374 g/mol. The summed E-state index contributed by atoms with van der Waals surface area (Å²) in [6.45, 7) is 5.28. The Morgan fingerprint density at radius 1 is 1.32 bits per heavy atom. The largest absolute Gasteiger partial charge is 0.462 e. The summed E-state index contributed by atoms with van der Waals surface area (Å²) < 4.78 is 9.13. The number of hydrogen-bond acceptors (Lipinski definition) is 6. The second-order valence-electron chi connectivity index (χ2n) is 7.50. The number of halogens is 1. The number of rotatable bonds is 2. The molecule has 0 bridgehead atoms. The van der Waals surface area contributed by atoms with Gasteiger partial charge < -0.3 is 14.8 Å². The fraction of sp³-hybridized carbons (Fsp3) is 0.833. The van der Waals surface area contributed by atoms with Crippen LogP contribution in [0.25, 0.3) is 0 Å². The summed E-state index contributed by atoms with van der Waals surface area (Å²) in [5.74, 6) is 0.601. The van der Waals surface area contributed by atoms with Crippen molar-refractivity contribution < 1.29 is 23.4 Å². The van der Waals surface area contributed by atoms with E-state index < -0.39 is 5.97 Å². The number of ketones is 1. The molecule has 1 aliphatic heterocycles. The topological polar surface area (TPSA) is 95.7 Å². The van der Waals surface area contributed by atoms with Gasteiger partial charge in [-0.15, -0.1) is 0 Å². The van der Waals surface area contributed by atoms with Gasteiger partial charge in [0.2, 0.25) is 0 Å². The van der Waals surface area contributed by atoms with Crippen molar-refractivity contribution in [2.45, 2.75) is 65.0 Å². The number of Topliss-reactive ketones (excluding diaryl/α,β-unsaturated/α-hetero) is 1. The van der Waals surface area contributed by atoms with Gasteiger partial charge in [-0.25, -0.2) is 0 Å². The van der Waals surface area contributed by atoms with Crippen molar-refractivity contribution in [1.29, 1.82) is 0 Å². The van der Waals surface area contributed by atoms with Crippen molar-refractivity contribution in [3.05, 3.63) is 0 Å². The van der Waals surface area contributed by atoms with E-state index in [4.69, 9.17) is 10.5 Å². The number of carbonyl (C=O) groups is 3. The highest BCUT2D eigenvalue weighted by Gasteiger charge is 2.56. The number of ether oxygens (including phenoxy) is 1. The van der Waals surface area contributed by atoms with Crippen LogP contribution in [0.3, 0.4) is 0 Å². The normalized spacial score (nSPS) is 39.2. The number of carbonyl (C=O) groups excluding carboxylic acids is 3. The van der Waals surface area contributed by atoms with E-state index in [1.165, 1.54) is 0 Å². The zero-order valence-corrected chi connectivity index (χ0v) is 15.8. The van der Waals surface area contributed by atoms with Crippen LogP contribution < -0.4 is 5.73 Å². The number of fused-ring (bicyclic) bond motifs is 2. The van der Waals surface area contributed by atoms with Crippen LogP contribution in [0.1, 0.15) is 52.9 Å². The maximum atomic E-state index is 12.1. The molecule has 3 rings (SSSR count). The van der Waals surface area contributed by atoms with Gasteiger partial charge in [0.05, 0.1) is 5.92 Å². The predicted octanol–water partition coefficient (Wildman–Crippen LogP) is 2.61. The molecule has 3 fully saturated rings. The fourth-order valence-electron chi connectivity index (χ4n) is 4.94. The van der Waals surface area contributed by atoms with Crippen LogP contribution in [-0.4, -0.2) is 29.9 Å². The Morgan fingerprint density at radius 2 is 2.00 bits per heavy atom. The molecule has 2 saturated carbocycles. The third-order valence-electron chi connectivity index (χ3n) is 5.97. The Bertz CT molecular complexity index is 520. The van der Waals surface area contributed by atoms with Crippen molar-refractivity contribution in [3.63, 3.8) is 0 Å². The first-order valence-electron chi connectivity index (χ1n) is 9.08. The maximum Gasteiger partial charge on any atom is 0.324 e. The molecule has 0 spiro atoms. The van der Waals surface area contributed by atoms with E-state index in [2.05, 4.69) is 16.2 Å². The molecular formula is C18H28ClNO5. The third-order valence-corrected chi connectivity index (χ3v) is 6.14. The van der Waals surface area contributed by atoms with Crippen molar-refractivity contribution >= 4 is 29.6 Å². The minimum atomic E-state index is -0.392. The first kappa shape index (κ1) is 20.2. The molecule has 0 amide bonds. The lowest BCUT2D eigenvalue weighted by atomic mass is 9.56. The Morgan fingerprint density at radius 3 is 2.52 bits per heavy atom. The summed E-state index contributed by atoms with van der Waals surface area (Å²) in [6, 6.07) is 0.236. The van der Waals surface area contributed by atoms with Crippen molar-refractivity contribution in [2.75, 3.05) is 0 Å². The standard InChI is InChI=1S/C15H23NO3.C3H5ClO2/c1-7(17)13-11-4-3-10(16)5-9(11)6-12-14(13)8(2)19-15(12)18;1-2-3(5)6-4/h8-14H,3-6,16H2,1-2H3;2H2,1H3/t8-,9+,10-,11-,12-,13+,14-;/m1./s1. The number of nitrogens with two attached hydrogens (primary N) is 1. The van der Waals surface area contributed by atoms with Gasteiger partial charge in [0, 0.05) is 24.3 Å². The van der Waals surface area contributed by atoms with Crippen LogP contribution in [0.4, 0.5) is 0 Å². The van der Waals surface area contributed by atoms with Gasteiger partial charge in [-0.2, -0.15) is 0 Å². The molecule has 1 heterocycles. The Labute approximate surface area is 153 Å². The van der Waals surface area contributed by atoms with Crippen LogP contribution in [0.2, 0.25) is 0 Å². The van der Waals surface area contributed by atoms with Gasteiger partial charge in [0.25, 0.3) is 0 Å². The van der Waals surface area contributed by atoms with E-state index in [9.17, 15) is 14.4 Å². The molecule has 2 aliphatic carbocycles. The smallest absolute Gasteiger partial charge is 0.324 e. The zero-order valence-electron chi connectivity index (χ0n) is 15.1. The van der Waals surface area contributed by atoms with Crippen LogP contribution in [0.15, 0.2) is 0 Å². The first-order chi connectivity index (χ1) is 11.8. The van der Waals surface area contributed by atoms with E-state index in [0.29, 0.717) is 18.3 Å². The molecule has 0 aromatic rings. The fourth-order valence-corrected chi connectivity index (χ4v) is 5.04. The van der Waals surface area contributed by atoms with Crippen LogP contribution in [0.5, 0.6) is 0 Å². The molecule has 0 unspecified atom stereocenters. The SMILES string of the molecule is CC(=O)[C@H]1[C@@H]2CC[C@@H](N)C[C@H]2C[C@H]2C(=O)O[C@H](C)[C@@H]12.CCC(=O)OCl. The quantitative estimate of drug-likeness (QED) is 0.747. The van der Waals surface area contributed by atoms with E-state index in [-0.39, 0.29) is 41.7 Å². The number of esters is 1. The van der Waals surface area contributed by atoms with E-state index in [1.54, 1.807) is 13.8 Å². The van der Waals surface area contributed by atoms with E-state index in [1.807, 2.05) is 6.92 Å². The lowest BCUT2D eigenvalue weighted by Gasteiger charge is -2.47. The lowest BCUT2D eigenvalue weighted by molar-refractivity contribution is -0.144. The maximum absolute atomic E-state index is 12.1. The molecule has 7 atom stereocenters. The first-order valence-corrected chi connectivity index (χ1v) is 9.38. The molecule has 142 valence electrons. The van der Waals surface area contributed by atoms with Crippen molar-refractivity contribution in [2.24, 2.45) is 35.3 Å². The van der Waals surface area contributed by atoms with Crippen LogP contribution in [-0.2, 0) is 23.4 Å². The second kappa shape index (κ2) is 8.49. The molecule has 3 aliphatic rings. The Balaban J connectivity index is 0.000000326. The molecule has 0 aromatic carbocycles. The van der Waals surface area contributed by atoms with E-state index >= 15 is 0 Å². The minimum Gasteiger partial charge on any atom is -0.462 e. The summed E-state index contributed by atoms with van der Waals surface area (Å²) in [5, 5.41) is 0. The van der Waals surface area contributed by atoms with Gasteiger partial charge in [0.15, 0.2) is 0 Å². The van der Waals surface area contributed by atoms with Crippen molar-refractivity contribution in [3.8, 4) is 0 Å². The molecule has 7 heteroatoms. The Hall–Kier alpha value is -1.14. The highest BCUT2D eigenvalue weighted by atomic mass is 35.5. The molecule has 0 aromatic heterocycles. The van der Waals surface area contributed by atoms with Gasteiger partial charge >= 0.3 is 11.9 Å². The second-order valence-corrected chi connectivity index (χ2v) is 7.65. The van der Waals surface area contributed by atoms with Gasteiger partial charge in [-0.1, -0.05) is 6.92 Å².